The van der Waals surface area contributed by atoms with Crippen LogP contribution in [-0.4, -0.2) is 20.7 Å². The van der Waals surface area contributed by atoms with Crippen molar-refractivity contribution in [3.63, 3.8) is 0 Å². The molecule has 0 bridgehead atoms. The molecule has 2 aromatic heterocycles. The van der Waals surface area contributed by atoms with Crippen LogP contribution in [0.5, 0.6) is 0 Å². The Morgan fingerprint density at radius 1 is 1.40 bits per heavy atom. The van der Waals surface area contributed by atoms with Crippen molar-refractivity contribution in [3.05, 3.63) is 39.8 Å². The summed E-state index contributed by atoms with van der Waals surface area (Å²) in [4.78, 5) is 15.9. The van der Waals surface area contributed by atoms with Crippen molar-refractivity contribution in [1.82, 2.24) is 14.8 Å². The van der Waals surface area contributed by atoms with Gasteiger partial charge in [-0.1, -0.05) is 23.2 Å². The fourth-order valence-corrected chi connectivity index (χ4v) is 2.17. The average molecular weight is 313 g/mol. The molecule has 0 fully saturated rings. The van der Waals surface area contributed by atoms with E-state index in [2.05, 4.69) is 15.4 Å². The zero-order valence-corrected chi connectivity index (χ0v) is 12.7. The van der Waals surface area contributed by atoms with Gasteiger partial charge in [0.25, 0.3) is 0 Å². The first-order chi connectivity index (χ1) is 9.47. The minimum Gasteiger partial charge on any atom is -0.309 e. The van der Waals surface area contributed by atoms with E-state index >= 15 is 0 Å². The number of hydrogen-bond acceptors (Lipinski definition) is 3. The van der Waals surface area contributed by atoms with Crippen LogP contribution in [0, 0.1) is 6.92 Å². The van der Waals surface area contributed by atoms with Gasteiger partial charge in [0.15, 0.2) is 5.82 Å². The molecular weight excluding hydrogens is 299 g/mol. The number of hydrogen-bond donors (Lipinski definition) is 1. The van der Waals surface area contributed by atoms with Crippen molar-refractivity contribution in [1.29, 1.82) is 0 Å². The van der Waals surface area contributed by atoms with Crippen LogP contribution < -0.4 is 5.32 Å². The number of rotatable bonds is 4. The van der Waals surface area contributed by atoms with E-state index < -0.39 is 0 Å². The van der Waals surface area contributed by atoms with Gasteiger partial charge in [0.05, 0.1) is 16.2 Å². The molecule has 2 aromatic rings. The topological polar surface area (TPSA) is 59.8 Å². The minimum absolute atomic E-state index is 0.148. The summed E-state index contributed by atoms with van der Waals surface area (Å²) < 4.78 is 1.78. The summed E-state index contributed by atoms with van der Waals surface area (Å²) in [6.07, 6.45) is 4.17. The fraction of sp³-hybridized carbons (Fsp3) is 0.308. The normalized spacial score (nSPS) is 10.6. The van der Waals surface area contributed by atoms with Gasteiger partial charge in [0.2, 0.25) is 5.91 Å². The molecule has 106 valence electrons. The van der Waals surface area contributed by atoms with Crippen LogP contribution in [0.3, 0.4) is 0 Å². The van der Waals surface area contributed by atoms with Gasteiger partial charge in [-0.3, -0.25) is 9.48 Å². The van der Waals surface area contributed by atoms with Gasteiger partial charge in [-0.25, -0.2) is 4.98 Å². The summed E-state index contributed by atoms with van der Waals surface area (Å²) in [5.41, 5.74) is 2.11. The number of aromatic nitrogens is 3. The number of amides is 1. The molecule has 0 aromatic carbocycles. The highest BCUT2D eigenvalue weighted by Crippen LogP contribution is 2.22. The molecule has 0 unspecified atom stereocenters. The van der Waals surface area contributed by atoms with Crippen LogP contribution in [-0.2, 0) is 18.3 Å². The summed E-state index contributed by atoms with van der Waals surface area (Å²) >= 11 is 11.7. The second-order valence-corrected chi connectivity index (χ2v) is 5.25. The summed E-state index contributed by atoms with van der Waals surface area (Å²) in [5, 5.41) is 7.56. The van der Waals surface area contributed by atoms with Gasteiger partial charge in [-0.2, -0.15) is 5.10 Å². The number of pyridine rings is 1. The maximum atomic E-state index is 11.9. The molecule has 0 spiro atoms. The first kappa shape index (κ1) is 14.8. The molecule has 20 heavy (non-hydrogen) atoms. The molecule has 0 aliphatic heterocycles. The largest absolute Gasteiger partial charge is 0.309 e. The zero-order valence-electron chi connectivity index (χ0n) is 11.2. The lowest BCUT2D eigenvalue weighted by Gasteiger charge is -2.06. The number of anilines is 1. The van der Waals surface area contributed by atoms with E-state index in [4.69, 9.17) is 23.2 Å². The van der Waals surface area contributed by atoms with Crippen molar-refractivity contribution >= 4 is 34.9 Å². The third-order valence-electron chi connectivity index (χ3n) is 3.02. The lowest BCUT2D eigenvalue weighted by molar-refractivity contribution is -0.116. The van der Waals surface area contributed by atoms with E-state index in [0.29, 0.717) is 28.7 Å². The van der Waals surface area contributed by atoms with Crippen LogP contribution in [0.15, 0.2) is 18.5 Å². The van der Waals surface area contributed by atoms with Crippen LogP contribution >= 0.6 is 23.2 Å². The van der Waals surface area contributed by atoms with E-state index in [1.807, 2.05) is 14.0 Å². The molecule has 1 amide bonds. The Morgan fingerprint density at radius 3 is 2.75 bits per heavy atom. The first-order valence-corrected chi connectivity index (χ1v) is 6.81. The average Bonchev–Trinajstić information content (AvgIpc) is 2.71. The first-order valence-electron chi connectivity index (χ1n) is 6.05. The fourth-order valence-electron chi connectivity index (χ4n) is 1.74. The SMILES string of the molecule is Cc1c(CCC(=O)Nc2ncc(Cl)cc2Cl)cnn1C. The quantitative estimate of drug-likeness (QED) is 0.944. The summed E-state index contributed by atoms with van der Waals surface area (Å²) in [5.74, 6) is 0.175. The van der Waals surface area contributed by atoms with E-state index in [-0.39, 0.29) is 5.91 Å². The number of carbonyl (C=O) groups is 1. The predicted octanol–water partition coefficient (Wildman–Crippen LogP) is 3.00. The third kappa shape index (κ3) is 3.49. The monoisotopic (exact) mass is 312 g/mol. The molecule has 1 N–H and O–H groups in total. The lowest BCUT2D eigenvalue weighted by Crippen LogP contribution is -2.13. The van der Waals surface area contributed by atoms with Crippen LogP contribution in [0.1, 0.15) is 17.7 Å². The van der Waals surface area contributed by atoms with Crippen LogP contribution in [0.2, 0.25) is 10.0 Å². The van der Waals surface area contributed by atoms with Crippen LogP contribution in [0.25, 0.3) is 0 Å². The van der Waals surface area contributed by atoms with Crippen molar-refractivity contribution in [2.45, 2.75) is 19.8 Å². The molecular formula is C13H14Cl2N4O. The van der Waals surface area contributed by atoms with Gasteiger partial charge < -0.3 is 5.32 Å². The van der Waals surface area contributed by atoms with Gasteiger partial charge in [-0.15, -0.1) is 0 Å². The second kappa shape index (κ2) is 6.24. The summed E-state index contributed by atoms with van der Waals surface area (Å²) in [6, 6.07) is 1.54. The van der Waals surface area contributed by atoms with E-state index in [1.54, 1.807) is 10.9 Å². The molecule has 0 radical (unpaired) electrons. The number of halogens is 2. The summed E-state index contributed by atoms with van der Waals surface area (Å²) in [6.45, 7) is 1.97. The third-order valence-corrected chi connectivity index (χ3v) is 3.52. The Bertz CT molecular complexity index is 639. The Balaban J connectivity index is 1.94. The molecule has 5 nitrogen and oxygen atoms in total. The Labute approximate surface area is 126 Å². The smallest absolute Gasteiger partial charge is 0.225 e. The highest BCUT2D eigenvalue weighted by molar-refractivity contribution is 6.36. The van der Waals surface area contributed by atoms with E-state index in [9.17, 15) is 4.79 Å². The maximum Gasteiger partial charge on any atom is 0.225 e. The molecule has 7 heteroatoms. The van der Waals surface area contributed by atoms with Gasteiger partial charge in [0.1, 0.15) is 0 Å². The van der Waals surface area contributed by atoms with E-state index in [0.717, 1.165) is 11.3 Å². The highest BCUT2D eigenvalue weighted by atomic mass is 35.5. The number of nitrogens with zero attached hydrogens (tertiary/aromatic N) is 3. The van der Waals surface area contributed by atoms with Crippen molar-refractivity contribution < 1.29 is 4.79 Å². The van der Waals surface area contributed by atoms with Gasteiger partial charge >= 0.3 is 0 Å². The zero-order chi connectivity index (χ0) is 14.7. The number of aryl methyl sites for hydroxylation is 2. The molecule has 0 atom stereocenters. The van der Waals surface area contributed by atoms with Crippen molar-refractivity contribution in [3.8, 4) is 0 Å². The van der Waals surface area contributed by atoms with Gasteiger partial charge in [0, 0.05) is 25.4 Å². The molecule has 0 saturated carbocycles. The molecule has 0 aliphatic rings. The van der Waals surface area contributed by atoms with Gasteiger partial charge in [-0.05, 0) is 25.0 Å². The highest BCUT2D eigenvalue weighted by Gasteiger charge is 2.10. The van der Waals surface area contributed by atoms with E-state index in [1.165, 1.54) is 12.3 Å². The number of carbonyl (C=O) groups excluding carboxylic acids is 1. The van der Waals surface area contributed by atoms with Crippen molar-refractivity contribution in [2.24, 2.45) is 7.05 Å². The Morgan fingerprint density at radius 2 is 2.15 bits per heavy atom. The Kier molecular flexibility index (Phi) is 4.62. The second-order valence-electron chi connectivity index (χ2n) is 4.41. The lowest BCUT2D eigenvalue weighted by atomic mass is 10.1. The van der Waals surface area contributed by atoms with Crippen molar-refractivity contribution in [2.75, 3.05) is 5.32 Å². The molecule has 0 aliphatic carbocycles. The summed E-state index contributed by atoms with van der Waals surface area (Å²) in [7, 11) is 1.87. The van der Waals surface area contributed by atoms with Crippen LogP contribution in [0.4, 0.5) is 5.82 Å². The standard InChI is InChI=1S/C13H14Cl2N4O/c1-8-9(6-17-19(8)2)3-4-12(20)18-13-11(15)5-10(14)7-16-13/h5-7H,3-4H2,1-2H3,(H,16,18,20). The molecule has 2 rings (SSSR count). The minimum atomic E-state index is -0.148. The predicted molar refractivity (Wildman–Crippen MR) is 79.2 cm³/mol. The molecule has 2 heterocycles. The maximum absolute atomic E-state index is 11.9. The Hall–Kier alpha value is -1.59. The number of nitrogens with one attached hydrogen (secondary N) is 1. The molecule has 0 saturated heterocycles.